The molecule has 1 aromatic rings. The van der Waals surface area contributed by atoms with Crippen LogP contribution in [-0.2, 0) is 0 Å². The standard InChI is InChI=1S/C14H20O3/c1-14(2,3)17-12-7-6-11(15)8-13(12)16-9-10-4-5-10/h6-8,10,15H,4-5,9H2,1-3H3. The minimum Gasteiger partial charge on any atom is -0.508 e. The highest BCUT2D eigenvalue weighted by Crippen LogP contribution is 2.36. The topological polar surface area (TPSA) is 38.7 Å². The van der Waals surface area contributed by atoms with Gasteiger partial charge in [-0.2, -0.15) is 0 Å². The Labute approximate surface area is 102 Å². The first-order valence-electron chi connectivity index (χ1n) is 6.09. The van der Waals surface area contributed by atoms with E-state index in [4.69, 9.17) is 9.47 Å². The molecule has 1 fully saturated rings. The van der Waals surface area contributed by atoms with Gasteiger partial charge in [0.25, 0.3) is 0 Å². The Morgan fingerprint density at radius 1 is 1.24 bits per heavy atom. The van der Waals surface area contributed by atoms with Crippen LogP contribution in [0, 0.1) is 5.92 Å². The second-order valence-corrected chi connectivity index (χ2v) is 5.60. The van der Waals surface area contributed by atoms with E-state index in [9.17, 15) is 5.11 Å². The van der Waals surface area contributed by atoms with Gasteiger partial charge in [-0.05, 0) is 51.7 Å². The van der Waals surface area contributed by atoms with Crippen LogP contribution >= 0.6 is 0 Å². The molecule has 0 unspecified atom stereocenters. The number of rotatable bonds is 4. The van der Waals surface area contributed by atoms with Crippen LogP contribution in [0.5, 0.6) is 17.2 Å². The molecule has 0 aromatic heterocycles. The first-order valence-corrected chi connectivity index (χ1v) is 6.09. The van der Waals surface area contributed by atoms with Crippen molar-refractivity contribution in [3.05, 3.63) is 18.2 Å². The lowest BCUT2D eigenvalue weighted by Gasteiger charge is -2.23. The number of aromatic hydroxyl groups is 1. The molecule has 0 amide bonds. The van der Waals surface area contributed by atoms with Crippen molar-refractivity contribution in [3.8, 4) is 17.2 Å². The van der Waals surface area contributed by atoms with Gasteiger partial charge in [-0.15, -0.1) is 0 Å². The molecule has 0 heterocycles. The van der Waals surface area contributed by atoms with E-state index < -0.39 is 0 Å². The molecule has 3 heteroatoms. The van der Waals surface area contributed by atoms with Gasteiger partial charge in [-0.3, -0.25) is 0 Å². The highest BCUT2D eigenvalue weighted by molar-refractivity contribution is 5.45. The summed E-state index contributed by atoms with van der Waals surface area (Å²) in [5.74, 6) is 2.21. The predicted molar refractivity (Wildman–Crippen MR) is 66.7 cm³/mol. The third kappa shape index (κ3) is 3.84. The molecule has 0 radical (unpaired) electrons. The largest absolute Gasteiger partial charge is 0.508 e. The van der Waals surface area contributed by atoms with Crippen molar-refractivity contribution >= 4 is 0 Å². The molecule has 0 saturated heterocycles. The van der Waals surface area contributed by atoms with E-state index >= 15 is 0 Å². The summed E-state index contributed by atoms with van der Waals surface area (Å²) in [5, 5.41) is 9.48. The zero-order valence-electron chi connectivity index (χ0n) is 10.7. The smallest absolute Gasteiger partial charge is 0.164 e. The molecule has 1 saturated carbocycles. The minimum absolute atomic E-state index is 0.206. The molecule has 3 nitrogen and oxygen atoms in total. The zero-order chi connectivity index (χ0) is 12.5. The maximum atomic E-state index is 9.48. The zero-order valence-corrected chi connectivity index (χ0v) is 10.7. The molecule has 17 heavy (non-hydrogen) atoms. The van der Waals surface area contributed by atoms with Gasteiger partial charge in [0.1, 0.15) is 11.4 Å². The molecule has 0 bridgehead atoms. The summed E-state index contributed by atoms with van der Waals surface area (Å²) < 4.78 is 11.5. The number of benzene rings is 1. The molecule has 1 aliphatic rings. The SMILES string of the molecule is CC(C)(C)Oc1ccc(O)cc1OCC1CC1. The van der Waals surface area contributed by atoms with E-state index in [1.807, 2.05) is 20.8 Å². The molecule has 0 spiro atoms. The van der Waals surface area contributed by atoms with Crippen molar-refractivity contribution < 1.29 is 14.6 Å². The van der Waals surface area contributed by atoms with Gasteiger partial charge >= 0.3 is 0 Å². The highest BCUT2D eigenvalue weighted by Gasteiger charge is 2.23. The second-order valence-electron chi connectivity index (χ2n) is 5.60. The van der Waals surface area contributed by atoms with Crippen molar-refractivity contribution in [1.82, 2.24) is 0 Å². The van der Waals surface area contributed by atoms with Crippen molar-refractivity contribution in [1.29, 1.82) is 0 Å². The summed E-state index contributed by atoms with van der Waals surface area (Å²) in [5.41, 5.74) is -0.269. The quantitative estimate of drug-likeness (QED) is 0.871. The second kappa shape index (κ2) is 4.47. The van der Waals surface area contributed by atoms with Gasteiger partial charge in [-0.25, -0.2) is 0 Å². The Bertz CT molecular complexity index is 389. The van der Waals surface area contributed by atoms with E-state index in [2.05, 4.69) is 0 Å². The lowest BCUT2D eigenvalue weighted by Crippen LogP contribution is -2.23. The summed E-state index contributed by atoms with van der Waals surface area (Å²) in [6.07, 6.45) is 2.49. The van der Waals surface area contributed by atoms with E-state index in [-0.39, 0.29) is 11.4 Å². The average molecular weight is 236 g/mol. The van der Waals surface area contributed by atoms with Gasteiger partial charge < -0.3 is 14.6 Å². The summed E-state index contributed by atoms with van der Waals surface area (Å²) in [6, 6.07) is 4.98. The first kappa shape index (κ1) is 12.1. The fourth-order valence-corrected chi connectivity index (χ4v) is 1.52. The van der Waals surface area contributed by atoms with E-state index in [0.717, 1.165) is 0 Å². The van der Waals surface area contributed by atoms with Crippen molar-refractivity contribution in [2.24, 2.45) is 5.92 Å². The molecule has 0 atom stereocenters. The van der Waals surface area contributed by atoms with Gasteiger partial charge in [0.2, 0.25) is 0 Å². The molecule has 0 aliphatic heterocycles. The van der Waals surface area contributed by atoms with Crippen LogP contribution in [0.15, 0.2) is 18.2 Å². The van der Waals surface area contributed by atoms with Crippen LogP contribution in [0.1, 0.15) is 33.6 Å². The maximum Gasteiger partial charge on any atom is 0.164 e. The number of phenols is 1. The summed E-state index contributed by atoms with van der Waals surface area (Å²) in [7, 11) is 0. The van der Waals surface area contributed by atoms with Crippen LogP contribution < -0.4 is 9.47 Å². The lowest BCUT2D eigenvalue weighted by atomic mass is 10.2. The Morgan fingerprint density at radius 2 is 1.94 bits per heavy atom. The normalized spacial score (nSPS) is 15.7. The Kier molecular flexibility index (Phi) is 3.18. The molecular weight excluding hydrogens is 216 g/mol. The molecular formula is C14H20O3. The monoisotopic (exact) mass is 236 g/mol. The van der Waals surface area contributed by atoms with Gasteiger partial charge in [0.05, 0.1) is 6.61 Å². The van der Waals surface area contributed by atoms with Crippen LogP contribution in [0.3, 0.4) is 0 Å². The van der Waals surface area contributed by atoms with Crippen LogP contribution in [0.2, 0.25) is 0 Å². The fourth-order valence-electron chi connectivity index (χ4n) is 1.52. The molecule has 94 valence electrons. The highest BCUT2D eigenvalue weighted by atomic mass is 16.5. The third-order valence-corrected chi connectivity index (χ3v) is 2.51. The summed E-state index contributed by atoms with van der Waals surface area (Å²) in [4.78, 5) is 0. The Balaban J connectivity index is 2.11. The van der Waals surface area contributed by atoms with E-state index in [0.29, 0.717) is 24.0 Å². The lowest BCUT2D eigenvalue weighted by molar-refractivity contribution is 0.122. The predicted octanol–water partition coefficient (Wildman–Crippen LogP) is 3.36. The molecule has 1 N–H and O–H groups in total. The molecule has 1 aliphatic carbocycles. The van der Waals surface area contributed by atoms with Crippen LogP contribution in [0.25, 0.3) is 0 Å². The van der Waals surface area contributed by atoms with Crippen molar-refractivity contribution in [3.63, 3.8) is 0 Å². The minimum atomic E-state index is -0.269. The molecule has 1 aromatic carbocycles. The van der Waals surface area contributed by atoms with Crippen LogP contribution in [-0.4, -0.2) is 17.3 Å². The summed E-state index contributed by atoms with van der Waals surface area (Å²) in [6.45, 7) is 6.68. The average Bonchev–Trinajstić information content (AvgIpc) is 3.00. The number of phenolic OH excluding ortho intramolecular Hbond substituents is 1. The van der Waals surface area contributed by atoms with Crippen molar-refractivity contribution in [2.75, 3.05) is 6.61 Å². The maximum absolute atomic E-state index is 9.48. The van der Waals surface area contributed by atoms with Crippen molar-refractivity contribution in [2.45, 2.75) is 39.2 Å². The fraction of sp³-hybridized carbons (Fsp3) is 0.571. The first-order chi connectivity index (χ1) is 7.94. The number of hydrogen-bond acceptors (Lipinski definition) is 3. The number of ether oxygens (including phenoxy) is 2. The third-order valence-electron chi connectivity index (χ3n) is 2.51. The van der Waals surface area contributed by atoms with E-state index in [1.54, 1.807) is 18.2 Å². The number of hydrogen-bond donors (Lipinski definition) is 1. The van der Waals surface area contributed by atoms with Gasteiger partial charge in [0, 0.05) is 6.07 Å². The Morgan fingerprint density at radius 3 is 2.53 bits per heavy atom. The van der Waals surface area contributed by atoms with E-state index in [1.165, 1.54) is 12.8 Å². The van der Waals surface area contributed by atoms with Gasteiger partial charge in [-0.1, -0.05) is 0 Å². The molecule has 2 rings (SSSR count). The summed E-state index contributed by atoms with van der Waals surface area (Å²) >= 11 is 0. The Hall–Kier alpha value is -1.38. The van der Waals surface area contributed by atoms with Gasteiger partial charge in [0.15, 0.2) is 11.5 Å². The van der Waals surface area contributed by atoms with Crippen LogP contribution in [0.4, 0.5) is 0 Å².